The van der Waals surface area contributed by atoms with Gasteiger partial charge in [0.05, 0.1) is 5.41 Å². The van der Waals surface area contributed by atoms with Gasteiger partial charge in [-0.1, -0.05) is 61.4 Å². The first-order chi connectivity index (χ1) is 16.3. The van der Waals surface area contributed by atoms with Crippen molar-refractivity contribution in [1.29, 1.82) is 0 Å². The van der Waals surface area contributed by atoms with Crippen LogP contribution in [0.2, 0.25) is 0 Å². The predicted octanol–water partition coefficient (Wildman–Crippen LogP) is 4.21. The molecular formula is C27H30N2O5. The third-order valence-electron chi connectivity index (χ3n) is 7.87. The van der Waals surface area contributed by atoms with Crippen LogP contribution in [0.1, 0.15) is 62.5 Å². The molecule has 7 nitrogen and oxygen atoms in total. The quantitative estimate of drug-likeness (QED) is 0.597. The van der Waals surface area contributed by atoms with Crippen molar-refractivity contribution in [3.63, 3.8) is 0 Å². The second-order valence-corrected chi connectivity index (χ2v) is 10.0. The molecule has 34 heavy (non-hydrogen) atoms. The van der Waals surface area contributed by atoms with Gasteiger partial charge in [-0.3, -0.25) is 4.79 Å². The Balaban J connectivity index is 1.26. The van der Waals surface area contributed by atoms with E-state index < -0.39 is 29.1 Å². The van der Waals surface area contributed by atoms with E-state index >= 15 is 0 Å². The molecule has 2 aromatic rings. The zero-order valence-corrected chi connectivity index (χ0v) is 19.3. The number of carbonyl (C=O) groups excluding carboxylic acids is 2. The van der Waals surface area contributed by atoms with Crippen LogP contribution in [0.5, 0.6) is 0 Å². The van der Waals surface area contributed by atoms with Crippen molar-refractivity contribution < 1.29 is 24.2 Å². The Kier molecular flexibility index (Phi) is 5.58. The Morgan fingerprint density at radius 1 is 0.971 bits per heavy atom. The number of carboxylic acids is 1. The van der Waals surface area contributed by atoms with Crippen molar-refractivity contribution >= 4 is 18.0 Å². The first-order valence-electron chi connectivity index (χ1n) is 12.0. The fourth-order valence-corrected chi connectivity index (χ4v) is 5.50. The maximum atomic E-state index is 13.1. The molecule has 0 aromatic heterocycles. The molecule has 0 heterocycles. The van der Waals surface area contributed by atoms with Gasteiger partial charge < -0.3 is 20.5 Å². The molecule has 2 unspecified atom stereocenters. The van der Waals surface area contributed by atoms with Crippen LogP contribution in [-0.4, -0.2) is 41.3 Å². The highest BCUT2D eigenvalue weighted by molar-refractivity contribution is 5.92. The van der Waals surface area contributed by atoms with Gasteiger partial charge in [-0.2, -0.15) is 0 Å². The lowest BCUT2D eigenvalue weighted by atomic mass is 9.71. The zero-order valence-electron chi connectivity index (χ0n) is 19.3. The molecule has 0 aliphatic heterocycles. The number of aliphatic carboxylic acids is 1. The van der Waals surface area contributed by atoms with Crippen molar-refractivity contribution in [1.82, 2.24) is 10.6 Å². The number of fused-ring (bicyclic) bond motifs is 3. The molecule has 3 N–H and O–H groups in total. The van der Waals surface area contributed by atoms with Gasteiger partial charge in [0.2, 0.25) is 5.91 Å². The van der Waals surface area contributed by atoms with Gasteiger partial charge in [-0.05, 0) is 54.9 Å². The maximum absolute atomic E-state index is 13.1. The number of benzene rings is 2. The zero-order chi connectivity index (χ0) is 23.9. The smallest absolute Gasteiger partial charge is 0.407 e. The maximum Gasteiger partial charge on any atom is 0.407 e. The van der Waals surface area contributed by atoms with Gasteiger partial charge in [-0.25, -0.2) is 9.59 Å². The molecule has 0 saturated heterocycles. The van der Waals surface area contributed by atoms with Crippen molar-refractivity contribution in [2.24, 2.45) is 5.41 Å². The Labute approximate surface area is 198 Å². The minimum atomic E-state index is -1.15. The van der Waals surface area contributed by atoms with Crippen molar-refractivity contribution in [3.8, 4) is 11.1 Å². The Hall–Kier alpha value is -3.35. The largest absolute Gasteiger partial charge is 0.480 e. The number of rotatable bonds is 6. The topological polar surface area (TPSA) is 105 Å². The summed E-state index contributed by atoms with van der Waals surface area (Å²) in [5, 5.41) is 15.1. The number of carbonyl (C=O) groups is 3. The minimum Gasteiger partial charge on any atom is -0.480 e. The van der Waals surface area contributed by atoms with Crippen LogP contribution in [0.3, 0.4) is 0 Å². The first-order valence-corrected chi connectivity index (χ1v) is 12.0. The van der Waals surface area contributed by atoms with Crippen LogP contribution in [0.25, 0.3) is 11.1 Å². The molecule has 2 saturated carbocycles. The highest BCUT2D eigenvalue weighted by Gasteiger charge is 2.55. The molecule has 0 bridgehead atoms. The molecule has 178 valence electrons. The number of nitrogens with one attached hydrogen (secondary N) is 2. The second kappa shape index (κ2) is 8.46. The first kappa shape index (κ1) is 22.4. The minimum absolute atomic E-state index is 0.0375. The molecule has 2 amide bonds. The summed E-state index contributed by atoms with van der Waals surface area (Å²) in [7, 11) is 0. The van der Waals surface area contributed by atoms with Crippen LogP contribution in [0.4, 0.5) is 4.79 Å². The monoisotopic (exact) mass is 462 g/mol. The summed E-state index contributed by atoms with van der Waals surface area (Å²) in [6.07, 6.45) is 3.31. The lowest BCUT2D eigenvalue weighted by Gasteiger charge is -2.40. The van der Waals surface area contributed by atoms with E-state index in [9.17, 15) is 19.5 Å². The van der Waals surface area contributed by atoms with Gasteiger partial charge in [0.1, 0.15) is 12.1 Å². The van der Waals surface area contributed by atoms with E-state index in [1.807, 2.05) is 31.2 Å². The summed E-state index contributed by atoms with van der Waals surface area (Å²) in [6.45, 7) is 2.02. The summed E-state index contributed by atoms with van der Waals surface area (Å²) in [5.41, 5.74) is 2.58. The lowest BCUT2D eigenvalue weighted by Crippen LogP contribution is -2.58. The van der Waals surface area contributed by atoms with Crippen LogP contribution >= 0.6 is 0 Å². The number of ether oxygens (including phenoxy) is 1. The van der Waals surface area contributed by atoms with E-state index in [0.717, 1.165) is 35.1 Å². The van der Waals surface area contributed by atoms with E-state index in [2.05, 4.69) is 34.9 Å². The number of alkyl carbamates (subject to hydrolysis) is 1. The molecule has 0 radical (unpaired) electrons. The molecule has 2 aromatic carbocycles. The van der Waals surface area contributed by atoms with E-state index in [1.54, 1.807) is 0 Å². The third kappa shape index (κ3) is 3.83. The average Bonchev–Trinajstić information content (AvgIpc) is 3.55. The fraction of sp³-hybridized carbons (Fsp3) is 0.444. The molecule has 5 rings (SSSR count). The Morgan fingerprint density at radius 3 is 2.18 bits per heavy atom. The summed E-state index contributed by atoms with van der Waals surface area (Å²) in [4.78, 5) is 37.5. The normalized spacial score (nSPS) is 24.4. The molecule has 7 heteroatoms. The summed E-state index contributed by atoms with van der Waals surface area (Å²) in [5.74, 6) is -1.35. The fourth-order valence-electron chi connectivity index (χ4n) is 5.50. The number of amides is 2. The molecule has 2 atom stereocenters. The number of hydrogen-bond donors (Lipinski definition) is 3. The summed E-state index contributed by atoms with van der Waals surface area (Å²) in [6, 6.07) is 15.9. The van der Waals surface area contributed by atoms with E-state index in [-0.39, 0.29) is 18.4 Å². The molecule has 2 fully saturated rings. The molecule has 3 aliphatic carbocycles. The van der Waals surface area contributed by atoms with Gasteiger partial charge in [0.25, 0.3) is 0 Å². The predicted molar refractivity (Wildman–Crippen MR) is 126 cm³/mol. The van der Waals surface area contributed by atoms with Crippen molar-refractivity contribution in [2.75, 3.05) is 6.61 Å². The lowest BCUT2D eigenvalue weighted by molar-refractivity contribution is -0.146. The summed E-state index contributed by atoms with van der Waals surface area (Å²) < 4.78 is 5.69. The van der Waals surface area contributed by atoms with Crippen molar-refractivity contribution in [3.05, 3.63) is 59.7 Å². The second-order valence-electron chi connectivity index (χ2n) is 10.0. The van der Waals surface area contributed by atoms with E-state index in [1.165, 1.54) is 0 Å². The highest BCUT2D eigenvalue weighted by atomic mass is 16.5. The molecule has 0 spiro atoms. The Bertz CT molecular complexity index is 1100. The standard InChI is InChI=1S/C27H30N2O5/c1-26(23(30)29-27(14-15-27)24(31)32)13-7-6-12-22(26)28-25(33)34-16-21-19-10-4-2-8-17(19)18-9-3-5-11-20(18)21/h2-5,8-11,21-22H,6-7,12-16H2,1H3,(H,28,33)(H,29,30)(H,31,32). The third-order valence-corrected chi connectivity index (χ3v) is 7.87. The highest BCUT2D eigenvalue weighted by Crippen LogP contribution is 2.45. The van der Waals surface area contributed by atoms with Gasteiger partial charge in [0.15, 0.2) is 0 Å². The average molecular weight is 463 g/mol. The van der Waals surface area contributed by atoms with Crippen LogP contribution in [-0.2, 0) is 14.3 Å². The van der Waals surface area contributed by atoms with Gasteiger partial charge in [-0.15, -0.1) is 0 Å². The summed E-state index contributed by atoms with van der Waals surface area (Å²) >= 11 is 0. The SMILES string of the molecule is CC1(C(=O)NC2(C(=O)O)CC2)CCCCC1NC(=O)OCC1c2ccccc2-c2ccccc21. The van der Waals surface area contributed by atoms with E-state index in [4.69, 9.17) is 4.74 Å². The van der Waals surface area contributed by atoms with Crippen LogP contribution in [0.15, 0.2) is 48.5 Å². The molecule has 3 aliphatic rings. The van der Waals surface area contributed by atoms with Crippen LogP contribution < -0.4 is 10.6 Å². The molecular weight excluding hydrogens is 432 g/mol. The number of hydrogen-bond acceptors (Lipinski definition) is 4. The van der Waals surface area contributed by atoms with Gasteiger partial charge in [0, 0.05) is 12.0 Å². The van der Waals surface area contributed by atoms with E-state index in [0.29, 0.717) is 25.7 Å². The van der Waals surface area contributed by atoms with Gasteiger partial charge >= 0.3 is 12.1 Å². The van der Waals surface area contributed by atoms with Crippen LogP contribution in [0, 0.1) is 5.41 Å². The number of carboxylic acid groups (broad SMARTS) is 1. The van der Waals surface area contributed by atoms with Crippen molar-refractivity contribution in [2.45, 2.75) is 62.9 Å². The Morgan fingerprint density at radius 2 is 1.59 bits per heavy atom.